The highest BCUT2D eigenvalue weighted by Gasteiger charge is 2.13. The molecular formula is C16H32IN5O2S2. The number of guanidine groups is 1. The fraction of sp³-hybridized carbons (Fsp3) is 0.750. The van der Waals surface area contributed by atoms with Crippen molar-refractivity contribution in [3.05, 3.63) is 15.6 Å². The van der Waals surface area contributed by atoms with Crippen LogP contribution >= 0.6 is 35.3 Å². The minimum Gasteiger partial charge on any atom is -0.357 e. The standard InChI is InChI=1S/C16H31N5O2S2.HI/c1-6-17-16(18-10-8-12-21(5)25(22,23)7-2)19-11-9-15-20-13(3)14(4)24-15;/h6-12H2,1-5H3,(H2,17,18,19);1H. The third kappa shape index (κ3) is 8.96. The Morgan fingerprint density at radius 2 is 1.96 bits per heavy atom. The molecule has 0 unspecified atom stereocenters. The van der Waals surface area contributed by atoms with Crippen LogP contribution in [0.5, 0.6) is 0 Å². The van der Waals surface area contributed by atoms with E-state index in [0.29, 0.717) is 19.5 Å². The van der Waals surface area contributed by atoms with Crippen LogP contribution in [-0.4, -0.2) is 62.6 Å². The van der Waals surface area contributed by atoms with Gasteiger partial charge in [0.15, 0.2) is 5.96 Å². The molecule has 0 radical (unpaired) electrons. The van der Waals surface area contributed by atoms with E-state index in [0.717, 1.165) is 36.2 Å². The predicted molar refractivity (Wildman–Crippen MR) is 121 cm³/mol. The Balaban J connectivity index is 0.00000625. The van der Waals surface area contributed by atoms with E-state index in [4.69, 9.17) is 0 Å². The van der Waals surface area contributed by atoms with Gasteiger partial charge < -0.3 is 10.6 Å². The predicted octanol–water partition coefficient (Wildman–Crippen LogP) is 2.15. The summed E-state index contributed by atoms with van der Waals surface area (Å²) in [5, 5.41) is 7.64. The number of sulfonamides is 1. The van der Waals surface area contributed by atoms with Crippen LogP contribution in [0.2, 0.25) is 0 Å². The quantitative estimate of drug-likeness (QED) is 0.215. The number of aryl methyl sites for hydroxylation is 2. The topological polar surface area (TPSA) is 86.7 Å². The minimum absolute atomic E-state index is 0. The lowest BCUT2D eigenvalue weighted by Crippen LogP contribution is -2.38. The summed E-state index contributed by atoms with van der Waals surface area (Å²) in [6.45, 7) is 10.4. The number of hydrogen-bond donors (Lipinski definition) is 2. The van der Waals surface area contributed by atoms with Crippen LogP contribution in [0.25, 0.3) is 0 Å². The molecule has 152 valence electrons. The molecule has 0 aliphatic heterocycles. The molecule has 0 atom stereocenters. The Hall–Kier alpha value is -0.460. The lowest BCUT2D eigenvalue weighted by Gasteiger charge is -2.15. The van der Waals surface area contributed by atoms with E-state index in [-0.39, 0.29) is 29.7 Å². The second-order valence-corrected chi connectivity index (χ2v) is 9.41. The molecule has 1 aromatic heterocycles. The average Bonchev–Trinajstić information content (AvgIpc) is 2.89. The Labute approximate surface area is 179 Å². The summed E-state index contributed by atoms with van der Waals surface area (Å²) < 4.78 is 24.8. The normalized spacial score (nSPS) is 12.2. The van der Waals surface area contributed by atoms with Gasteiger partial charge in [-0.3, -0.25) is 4.99 Å². The second kappa shape index (κ2) is 12.8. The summed E-state index contributed by atoms with van der Waals surface area (Å²) in [4.78, 5) is 10.3. The van der Waals surface area contributed by atoms with Gasteiger partial charge in [0.05, 0.1) is 16.5 Å². The summed E-state index contributed by atoms with van der Waals surface area (Å²) in [6, 6.07) is 0. The van der Waals surface area contributed by atoms with E-state index in [1.54, 1.807) is 25.3 Å². The van der Waals surface area contributed by atoms with Gasteiger partial charge in [-0.25, -0.2) is 17.7 Å². The second-order valence-electron chi connectivity index (χ2n) is 5.76. The first-order valence-corrected chi connectivity index (χ1v) is 11.1. The van der Waals surface area contributed by atoms with E-state index in [2.05, 4.69) is 27.5 Å². The number of nitrogens with zero attached hydrogens (tertiary/aromatic N) is 3. The Kier molecular flexibility index (Phi) is 12.6. The zero-order valence-corrected chi connectivity index (χ0v) is 20.3. The number of aromatic nitrogens is 1. The van der Waals surface area contributed by atoms with Crippen LogP contribution in [0.3, 0.4) is 0 Å². The molecule has 10 heteroatoms. The summed E-state index contributed by atoms with van der Waals surface area (Å²) in [5.74, 6) is 0.889. The monoisotopic (exact) mass is 517 g/mol. The SMILES string of the molecule is CCNC(=NCCCN(C)S(=O)(=O)CC)NCCc1nc(C)c(C)s1.I. The van der Waals surface area contributed by atoms with Gasteiger partial charge in [-0.1, -0.05) is 0 Å². The zero-order valence-electron chi connectivity index (χ0n) is 16.3. The molecule has 0 aliphatic carbocycles. The highest BCUT2D eigenvalue weighted by Crippen LogP contribution is 2.16. The van der Waals surface area contributed by atoms with Crippen LogP contribution in [0.4, 0.5) is 0 Å². The van der Waals surface area contributed by atoms with Crippen LogP contribution in [0.1, 0.15) is 35.8 Å². The van der Waals surface area contributed by atoms with Gasteiger partial charge in [-0.15, -0.1) is 35.3 Å². The van der Waals surface area contributed by atoms with Gasteiger partial charge in [0.1, 0.15) is 0 Å². The lowest BCUT2D eigenvalue weighted by atomic mass is 10.4. The number of thiazole rings is 1. The third-order valence-corrected chi connectivity index (χ3v) is 6.78. The summed E-state index contributed by atoms with van der Waals surface area (Å²) in [5.41, 5.74) is 1.10. The fourth-order valence-corrected chi connectivity index (χ4v) is 3.90. The van der Waals surface area contributed by atoms with E-state index in [1.165, 1.54) is 9.18 Å². The van der Waals surface area contributed by atoms with E-state index in [1.807, 2.05) is 13.8 Å². The first kappa shape index (κ1) is 25.5. The van der Waals surface area contributed by atoms with Gasteiger partial charge in [-0.2, -0.15) is 0 Å². The fourth-order valence-electron chi connectivity index (χ4n) is 2.12. The molecule has 2 N–H and O–H groups in total. The number of halogens is 1. The molecule has 0 saturated carbocycles. The van der Waals surface area contributed by atoms with Gasteiger partial charge >= 0.3 is 0 Å². The van der Waals surface area contributed by atoms with Gasteiger partial charge in [0.2, 0.25) is 10.0 Å². The highest BCUT2D eigenvalue weighted by molar-refractivity contribution is 14.0. The largest absolute Gasteiger partial charge is 0.357 e. The van der Waals surface area contributed by atoms with Crippen molar-refractivity contribution in [1.82, 2.24) is 19.9 Å². The van der Waals surface area contributed by atoms with Crippen LogP contribution < -0.4 is 10.6 Å². The maximum atomic E-state index is 11.7. The summed E-state index contributed by atoms with van der Waals surface area (Å²) in [7, 11) is -1.49. The molecule has 1 aromatic rings. The molecule has 0 bridgehead atoms. The molecule has 1 heterocycles. The van der Waals surface area contributed by atoms with Gasteiger partial charge in [0.25, 0.3) is 0 Å². The molecule has 0 fully saturated rings. The molecule has 0 aromatic carbocycles. The maximum Gasteiger partial charge on any atom is 0.213 e. The number of rotatable bonds is 10. The molecule has 0 saturated heterocycles. The van der Waals surface area contributed by atoms with Crippen LogP contribution in [0.15, 0.2) is 4.99 Å². The van der Waals surface area contributed by atoms with Crippen molar-refractivity contribution < 1.29 is 8.42 Å². The first-order valence-electron chi connectivity index (χ1n) is 8.69. The third-order valence-electron chi connectivity index (χ3n) is 3.79. The molecular weight excluding hydrogens is 485 g/mol. The van der Waals surface area contributed by atoms with Gasteiger partial charge in [-0.05, 0) is 34.1 Å². The lowest BCUT2D eigenvalue weighted by molar-refractivity contribution is 0.465. The van der Waals surface area contributed by atoms with Crippen LogP contribution in [0, 0.1) is 13.8 Å². The number of hydrogen-bond acceptors (Lipinski definition) is 5. The zero-order chi connectivity index (χ0) is 18.9. The molecule has 0 aliphatic rings. The Bertz CT molecular complexity index is 642. The Morgan fingerprint density at radius 1 is 1.27 bits per heavy atom. The number of aliphatic imine (C=N–C) groups is 1. The van der Waals surface area contributed by atoms with Crippen molar-refractivity contribution in [1.29, 1.82) is 0 Å². The molecule has 26 heavy (non-hydrogen) atoms. The average molecular weight is 518 g/mol. The van der Waals surface area contributed by atoms with Gasteiger partial charge in [0, 0.05) is 44.5 Å². The smallest absolute Gasteiger partial charge is 0.213 e. The van der Waals surface area contributed by atoms with Crippen molar-refractivity contribution in [3.8, 4) is 0 Å². The Morgan fingerprint density at radius 3 is 2.50 bits per heavy atom. The van der Waals surface area contributed by atoms with Crippen molar-refractivity contribution in [3.63, 3.8) is 0 Å². The molecule has 7 nitrogen and oxygen atoms in total. The molecule has 0 spiro atoms. The maximum absolute atomic E-state index is 11.7. The van der Waals surface area contributed by atoms with Crippen molar-refractivity contribution in [2.75, 3.05) is 39.0 Å². The van der Waals surface area contributed by atoms with Crippen molar-refractivity contribution in [2.24, 2.45) is 4.99 Å². The minimum atomic E-state index is -3.11. The van der Waals surface area contributed by atoms with E-state index < -0.39 is 10.0 Å². The molecule has 0 amide bonds. The first-order chi connectivity index (χ1) is 11.8. The summed E-state index contributed by atoms with van der Waals surface area (Å²) in [6.07, 6.45) is 1.55. The van der Waals surface area contributed by atoms with Crippen molar-refractivity contribution >= 4 is 51.3 Å². The highest BCUT2D eigenvalue weighted by atomic mass is 127. The van der Waals surface area contributed by atoms with Crippen LogP contribution in [-0.2, 0) is 16.4 Å². The molecule has 1 rings (SSSR count). The van der Waals surface area contributed by atoms with E-state index >= 15 is 0 Å². The summed E-state index contributed by atoms with van der Waals surface area (Å²) >= 11 is 1.73. The number of nitrogens with one attached hydrogen (secondary N) is 2. The van der Waals surface area contributed by atoms with Crippen molar-refractivity contribution in [2.45, 2.75) is 40.5 Å². The van der Waals surface area contributed by atoms with E-state index in [9.17, 15) is 8.42 Å².